The van der Waals surface area contributed by atoms with Crippen molar-refractivity contribution in [2.45, 2.75) is 141 Å². The van der Waals surface area contributed by atoms with E-state index in [1.54, 1.807) is 14.0 Å². The standard InChI is InChI=1S/C35H60N2O5/c1-24(23-35(6)34(42-35)27(4)33(40-7)28(5)38)12-11-13-25(2)32-26(3)16-17-30(41-32)22-31(39)37-20-18-36(19-21-37)29-14-9-8-10-15-29/h11-13,24,26-30,32-34,38H,8-10,14-23H2,1-7H3/b12-11+,25-13+/t24-,26+,27-,28-,30-,32-,33-,34-,35-/m1/s1. The molecule has 1 saturated carbocycles. The van der Waals surface area contributed by atoms with E-state index in [0.717, 1.165) is 51.5 Å². The molecular weight excluding hydrogens is 528 g/mol. The second-order valence-electron chi connectivity index (χ2n) is 14.3. The molecule has 0 unspecified atom stereocenters. The zero-order valence-electron chi connectivity index (χ0n) is 27.6. The molecule has 0 aromatic carbocycles. The highest BCUT2D eigenvalue weighted by Crippen LogP contribution is 2.47. The maximum Gasteiger partial charge on any atom is 0.225 e. The van der Waals surface area contributed by atoms with E-state index >= 15 is 0 Å². The zero-order valence-corrected chi connectivity index (χ0v) is 27.6. The number of hydrogen-bond acceptors (Lipinski definition) is 6. The fourth-order valence-corrected chi connectivity index (χ4v) is 8.13. The van der Waals surface area contributed by atoms with E-state index in [9.17, 15) is 9.90 Å². The minimum absolute atomic E-state index is 0.00443. The molecule has 0 aromatic heterocycles. The predicted molar refractivity (Wildman–Crippen MR) is 168 cm³/mol. The molecule has 42 heavy (non-hydrogen) atoms. The minimum atomic E-state index is -0.521. The fraction of sp³-hybridized carbons (Fsp3) is 0.857. The highest BCUT2D eigenvalue weighted by molar-refractivity contribution is 5.76. The number of methoxy groups -OCH3 is 1. The van der Waals surface area contributed by atoms with Gasteiger partial charge >= 0.3 is 0 Å². The number of aliphatic hydroxyl groups excluding tert-OH is 1. The van der Waals surface area contributed by atoms with Crippen LogP contribution in [0.1, 0.15) is 99.3 Å². The molecule has 4 fully saturated rings. The maximum absolute atomic E-state index is 13.2. The van der Waals surface area contributed by atoms with Crippen LogP contribution in [0, 0.1) is 17.8 Å². The summed E-state index contributed by atoms with van der Waals surface area (Å²) in [4.78, 5) is 17.9. The molecule has 4 aliphatic rings. The monoisotopic (exact) mass is 588 g/mol. The van der Waals surface area contributed by atoms with Crippen molar-refractivity contribution >= 4 is 5.91 Å². The van der Waals surface area contributed by atoms with E-state index in [1.165, 1.54) is 37.7 Å². The first-order valence-electron chi connectivity index (χ1n) is 16.9. The quantitative estimate of drug-likeness (QED) is 0.231. The van der Waals surface area contributed by atoms with Gasteiger partial charge in [0.1, 0.15) is 0 Å². The molecule has 1 amide bonds. The Kier molecular flexibility index (Phi) is 12.1. The van der Waals surface area contributed by atoms with Crippen molar-refractivity contribution in [3.63, 3.8) is 0 Å². The van der Waals surface area contributed by atoms with E-state index in [0.29, 0.717) is 18.3 Å². The molecule has 1 aliphatic carbocycles. The summed E-state index contributed by atoms with van der Waals surface area (Å²) < 4.78 is 18.2. The van der Waals surface area contributed by atoms with Crippen LogP contribution in [0.2, 0.25) is 0 Å². The van der Waals surface area contributed by atoms with Gasteiger partial charge in [0.05, 0.1) is 42.5 Å². The van der Waals surface area contributed by atoms with Gasteiger partial charge in [0.25, 0.3) is 0 Å². The summed E-state index contributed by atoms with van der Waals surface area (Å²) in [6.45, 7) is 16.5. The summed E-state index contributed by atoms with van der Waals surface area (Å²) in [7, 11) is 1.66. The molecule has 4 rings (SSSR count). The van der Waals surface area contributed by atoms with Crippen LogP contribution in [-0.2, 0) is 19.0 Å². The van der Waals surface area contributed by atoms with E-state index in [2.05, 4.69) is 62.6 Å². The van der Waals surface area contributed by atoms with Crippen LogP contribution in [0.5, 0.6) is 0 Å². The van der Waals surface area contributed by atoms with Crippen molar-refractivity contribution in [1.82, 2.24) is 9.80 Å². The van der Waals surface area contributed by atoms with Crippen LogP contribution in [0.25, 0.3) is 0 Å². The first-order chi connectivity index (χ1) is 20.0. The van der Waals surface area contributed by atoms with E-state index < -0.39 is 6.10 Å². The van der Waals surface area contributed by atoms with Gasteiger partial charge in [-0.25, -0.2) is 0 Å². The van der Waals surface area contributed by atoms with Crippen LogP contribution in [-0.4, -0.2) is 96.3 Å². The van der Waals surface area contributed by atoms with Gasteiger partial charge in [-0.1, -0.05) is 58.3 Å². The van der Waals surface area contributed by atoms with E-state index in [-0.39, 0.29) is 41.8 Å². The van der Waals surface area contributed by atoms with Crippen LogP contribution in [0.15, 0.2) is 23.8 Å². The number of piperazine rings is 1. The molecule has 3 heterocycles. The highest BCUT2D eigenvalue weighted by Gasteiger charge is 2.56. The molecule has 0 bridgehead atoms. The second-order valence-corrected chi connectivity index (χ2v) is 14.3. The molecule has 3 aliphatic heterocycles. The number of amides is 1. The Labute approximate surface area is 256 Å². The third-order valence-corrected chi connectivity index (χ3v) is 10.6. The summed E-state index contributed by atoms with van der Waals surface area (Å²) in [5, 5.41) is 10.0. The smallest absolute Gasteiger partial charge is 0.225 e. The van der Waals surface area contributed by atoms with Crippen molar-refractivity contribution in [3.8, 4) is 0 Å². The van der Waals surface area contributed by atoms with Crippen molar-refractivity contribution in [3.05, 3.63) is 23.8 Å². The van der Waals surface area contributed by atoms with Gasteiger partial charge in [0, 0.05) is 45.2 Å². The summed E-state index contributed by atoms with van der Waals surface area (Å²) >= 11 is 0. The van der Waals surface area contributed by atoms with Gasteiger partial charge < -0.3 is 24.2 Å². The average molecular weight is 589 g/mol. The highest BCUT2D eigenvalue weighted by atomic mass is 16.6. The lowest BCUT2D eigenvalue weighted by Crippen LogP contribution is -2.53. The maximum atomic E-state index is 13.2. The molecule has 240 valence electrons. The van der Waals surface area contributed by atoms with Gasteiger partial charge in [-0.3, -0.25) is 9.69 Å². The third-order valence-electron chi connectivity index (χ3n) is 10.6. The van der Waals surface area contributed by atoms with Gasteiger partial charge in [-0.05, 0) is 70.3 Å². The zero-order chi connectivity index (χ0) is 30.4. The average Bonchev–Trinajstić information content (AvgIpc) is 3.64. The number of epoxide rings is 1. The Morgan fingerprint density at radius 1 is 1.07 bits per heavy atom. The number of carbonyl (C=O) groups excluding carboxylic acids is 1. The third kappa shape index (κ3) is 8.68. The Bertz CT molecular complexity index is 922. The number of nitrogens with zero attached hydrogens (tertiary/aromatic N) is 2. The lowest BCUT2D eigenvalue weighted by atomic mass is 9.85. The lowest BCUT2D eigenvalue weighted by Gasteiger charge is -2.41. The molecule has 0 radical (unpaired) electrons. The van der Waals surface area contributed by atoms with Gasteiger partial charge in [-0.2, -0.15) is 0 Å². The lowest BCUT2D eigenvalue weighted by molar-refractivity contribution is -0.140. The molecule has 7 nitrogen and oxygen atoms in total. The minimum Gasteiger partial charge on any atom is -0.391 e. The topological polar surface area (TPSA) is 74.8 Å². The Morgan fingerprint density at radius 3 is 2.40 bits per heavy atom. The van der Waals surface area contributed by atoms with Crippen LogP contribution in [0.4, 0.5) is 0 Å². The SMILES string of the molecule is CO[C@H]([C@@H](C)[C@H]1O[C@]1(C)C[C@H](C)/C=C/C=C(\C)[C@H]1O[C@@H](CC(=O)N2CCN(C3CCCCC3)CC2)CC[C@@H]1C)[C@@H](C)O. The first-order valence-corrected chi connectivity index (χ1v) is 16.9. The van der Waals surface area contributed by atoms with Crippen molar-refractivity contribution < 1.29 is 24.1 Å². The molecule has 1 N–H and O–H groups in total. The molecule has 3 saturated heterocycles. The summed E-state index contributed by atoms with van der Waals surface area (Å²) in [6, 6.07) is 0.738. The first kappa shape index (κ1) is 33.6. The molecule has 0 aromatic rings. The number of rotatable bonds is 12. The molecule has 7 heteroatoms. The largest absolute Gasteiger partial charge is 0.391 e. The number of hydrogen-bond donors (Lipinski definition) is 1. The number of carbonyl (C=O) groups is 1. The summed E-state index contributed by atoms with van der Waals surface area (Å²) in [5.74, 6) is 1.20. The van der Waals surface area contributed by atoms with Crippen LogP contribution < -0.4 is 0 Å². The Morgan fingerprint density at radius 2 is 1.76 bits per heavy atom. The second kappa shape index (κ2) is 15.2. The Hall–Kier alpha value is -1.25. The number of ether oxygens (including phenoxy) is 3. The fourth-order valence-electron chi connectivity index (χ4n) is 8.13. The van der Waals surface area contributed by atoms with Crippen LogP contribution in [0.3, 0.4) is 0 Å². The predicted octanol–water partition coefficient (Wildman–Crippen LogP) is 5.76. The van der Waals surface area contributed by atoms with Gasteiger partial charge in [-0.15, -0.1) is 0 Å². The summed E-state index contributed by atoms with van der Waals surface area (Å²) in [6.07, 6.45) is 16.3. The molecule has 9 atom stereocenters. The van der Waals surface area contributed by atoms with E-state index in [4.69, 9.17) is 14.2 Å². The number of aliphatic hydroxyl groups is 1. The van der Waals surface area contributed by atoms with Crippen molar-refractivity contribution in [2.24, 2.45) is 17.8 Å². The van der Waals surface area contributed by atoms with Gasteiger partial charge in [0.2, 0.25) is 5.91 Å². The van der Waals surface area contributed by atoms with Crippen molar-refractivity contribution in [2.75, 3.05) is 33.3 Å². The van der Waals surface area contributed by atoms with E-state index in [1.807, 2.05) is 0 Å². The van der Waals surface area contributed by atoms with Crippen molar-refractivity contribution in [1.29, 1.82) is 0 Å². The summed E-state index contributed by atoms with van der Waals surface area (Å²) in [5.41, 5.74) is 1.04. The number of allylic oxidation sites excluding steroid dienone is 3. The molecular formula is C35H60N2O5. The van der Waals surface area contributed by atoms with Gasteiger partial charge in [0.15, 0.2) is 0 Å². The molecule has 0 spiro atoms. The normalized spacial score (nSPS) is 34.8. The van der Waals surface area contributed by atoms with Crippen LogP contribution >= 0.6 is 0 Å². The Balaban J connectivity index is 1.22.